The van der Waals surface area contributed by atoms with Gasteiger partial charge in [-0.1, -0.05) is 5.16 Å². The fourth-order valence-electron chi connectivity index (χ4n) is 0.804. The SMILES string of the molecule is N/C(=N\O)c1cc(F)ccc1N. The van der Waals surface area contributed by atoms with Gasteiger partial charge in [0.05, 0.1) is 0 Å². The van der Waals surface area contributed by atoms with Gasteiger partial charge in [0, 0.05) is 11.3 Å². The molecule has 0 amide bonds. The van der Waals surface area contributed by atoms with Gasteiger partial charge in [0.2, 0.25) is 0 Å². The van der Waals surface area contributed by atoms with Gasteiger partial charge in [0.1, 0.15) is 5.82 Å². The highest BCUT2D eigenvalue weighted by Crippen LogP contribution is 2.12. The Morgan fingerprint density at radius 2 is 2.17 bits per heavy atom. The molecule has 1 aromatic carbocycles. The second-order valence-electron chi connectivity index (χ2n) is 2.22. The van der Waals surface area contributed by atoms with Crippen LogP contribution in [-0.4, -0.2) is 11.0 Å². The molecule has 0 bridgehead atoms. The first-order valence-corrected chi connectivity index (χ1v) is 3.18. The first-order valence-electron chi connectivity index (χ1n) is 3.18. The van der Waals surface area contributed by atoms with Crippen LogP contribution in [-0.2, 0) is 0 Å². The number of nitrogen functional groups attached to an aromatic ring is 1. The van der Waals surface area contributed by atoms with Crippen molar-refractivity contribution in [2.24, 2.45) is 10.9 Å². The van der Waals surface area contributed by atoms with E-state index in [0.29, 0.717) is 0 Å². The summed E-state index contributed by atoms with van der Waals surface area (Å²) in [6.45, 7) is 0. The Morgan fingerprint density at radius 3 is 2.75 bits per heavy atom. The molecule has 0 aromatic heterocycles. The smallest absolute Gasteiger partial charge is 0.172 e. The predicted octanol–water partition coefficient (Wildman–Crippen LogP) is 0.502. The highest BCUT2D eigenvalue weighted by atomic mass is 19.1. The van der Waals surface area contributed by atoms with E-state index < -0.39 is 5.82 Å². The molecule has 1 aromatic rings. The fraction of sp³-hybridized carbons (Fsp3) is 0. The lowest BCUT2D eigenvalue weighted by Gasteiger charge is -2.02. The summed E-state index contributed by atoms with van der Waals surface area (Å²) >= 11 is 0. The Hall–Kier alpha value is -1.78. The Labute approximate surface area is 68.3 Å². The van der Waals surface area contributed by atoms with Crippen molar-refractivity contribution in [1.82, 2.24) is 0 Å². The van der Waals surface area contributed by atoms with Crippen LogP contribution in [0, 0.1) is 5.82 Å². The number of amidine groups is 1. The topological polar surface area (TPSA) is 84.6 Å². The van der Waals surface area contributed by atoms with E-state index in [4.69, 9.17) is 16.7 Å². The number of nitrogens with two attached hydrogens (primary N) is 2. The Kier molecular flexibility index (Phi) is 2.14. The third kappa shape index (κ3) is 1.45. The van der Waals surface area contributed by atoms with Crippen molar-refractivity contribution >= 4 is 11.5 Å². The van der Waals surface area contributed by atoms with E-state index in [9.17, 15) is 4.39 Å². The summed E-state index contributed by atoms with van der Waals surface area (Å²) in [6.07, 6.45) is 0. The van der Waals surface area contributed by atoms with Gasteiger partial charge in [0.25, 0.3) is 0 Å². The van der Waals surface area contributed by atoms with Crippen LogP contribution < -0.4 is 11.5 Å². The van der Waals surface area contributed by atoms with Crippen LogP contribution >= 0.6 is 0 Å². The van der Waals surface area contributed by atoms with E-state index >= 15 is 0 Å². The molecule has 5 heteroatoms. The lowest BCUT2D eigenvalue weighted by atomic mass is 10.1. The van der Waals surface area contributed by atoms with Gasteiger partial charge in [-0.15, -0.1) is 0 Å². The molecule has 0 aliphatic heterocycles. The lowest BCUT2D eigenvalue weighted by Crippen LogP contribution is -2.15. The average Bonchev–Trinajstić information content (AvgIpc) is 2.08. The summed E-state index contributed by atoms with van der Waals surface area (Å²) in [6, 6.07) is 3.65. The van der Waals surface area contributed by atoms with Crippen LogP contribution in [0.2, 0.25) is 0 Å². The minimum atomic E-state index is -0.481. The number of benzene rings is 1. The molecule has 0 saturated carbocycles. The van der Waals surface area contributed by atoms with E-state index in [1.165, 1.54) is 12.1 Å². The van der Waals surface area contributed by atoms with Gasteiger partial charge in [-0.2, -0.15) is 0 Å². The van der Waals surface area contributed by atoms with Crippen molar-refractivity contribution < 1.29 is 9.60 Å². The average molecular weight is 169 g/mol. The maximum absolute atomic E-state index is 12.6. The van der Waals surface area contributed by atoms with Gasteiger partial charge < -0.3 is 16.7 Å². The first-order chi connectivity index (χ1) is 5.65. The summed E-state index contributed by atoms with van der Waals surface area (Å²) in [7, 11) is 0. The van der Waals surface area contributed by atoms with Crippen molar-refractivity contribution in [1.29, 1.82) is 0 Å². The van der Waals surface area contributed by atoms with Crippen LogP contribution in [0.5, 0.6) is 0 Å². The number of hydrogen-bond donors (Lipinski definition) is 3. The van der Waals surface area contributed by atoms with Gasteiger partial charge in [0.15, 0.2) is 5.84 Å². The zero-order valence-electron chi connectivity index (χ0n) is 6.16. The summed E-state index contributed by atoms with van der Waals surface area (Å²) < 4.78 is 12.6. The molecule has 0 unspecified atom stereocenters. The minimum absolute atomic E-state index is 0.192. The number of rotatable bonds is 1. The number of halogens is 1. The summed E-state index contributed by atoms with van der Waals surface area (Å²) in [5, 5.41) is 11.0. The highest BCUT2D eigenvalue weighted by molar-refractivity contribution is 6.01. The monoisotopic (exact) mass is 169 g/mol. The summed E-state index contributed by atoms with van der Waals surface area (Å²) in [5.74, 6) is -0.683. The van der Waals surface area contributed by atoms with Crippen molar-refractivity contribution in [2.45, 2.75) is 0 Å². The first kappa shape index (κ1) is 8.32. The van der Waals surface area contributed by atoms with Gasteiger partial charge >= 0.3 is 0 Å². The molecule has 0 aliphatic rings. The number of anilines is 1. The molecule has 0 fully saturated rings. The molecule has 64 valence electrons. The third-order valence-electron chi connectivity index (χ3n) is 1.40. The van der Waals surface area contributed by atoms with Crippen LogP contribution in [0.25, 0.3) is 0 Å². The molecule has 0 spiro atoms. The molecule has 0 aliphatic carbocycles. The van der Waals surface area contributed by atoms with Gasteiger partial charge in [-0.25, -0.2) is 4.39 Å². The Bertz CT molecular complexity index is 324. The van der Waals surface area contributed by atoms with Crippen LogP contribution in [0.1, 0.15) is 5.56 Å². The van der Waals surface area contributed by atoms with E-state index in [-0.39, 0.29) is 17.1 Å². The zero-order chi connectivity index (χ0) is 9.14. The zero-order valence-corrected chi connectivity index (χ0v) is 6.16. The molecular weight excluding hydrogens is 161 g/mol. The molecule has 4 nitrogen and oxygen atoms in total. The number of oxime groups is 1. The standard InChI is InChI=1S/C7H8FN3O/c8-4-1-2-6(9)5(3-4)7(10)11-12/h1-3,12H,9H2,(H2,10,11). The van der Waals surface area contributed by atoms with E-state index in [1.54, 1.807) is 0 Å². The highest BCUT2D eigenvalue weighted by Gasteiger charge is 2.04. The van der Waals surface area contributed by atoms with Crippen LogP contribution in [0.3, 0.4) is 0 Å². The molecule has 5 N–H and O–H groups in total. The van der Waals surface area contributed by atoms with Crippen molar-refractivity contribution in [2.75, 3.05) is 5.73 Å². The van der Waals surface area contributed by atoms with E-state index in [0.717, 1.165) is 6.07 Å². The molecular formula is C7H8FN3O. The molecule has 1 rings (SSSR count). The molecule has 0 heterocycles. The molecule has 0 saturated heterocycles. The normalized spacial score (nSPS) is 11.6. The number of nitrogens with zero attached hydrogens (tertiary/aromatic N) is 1. The minimum Gasteiger partial charge on any atom is -0.409 e. The van der Waals surface area contributed by atoms with Crippen LogP contribution in [0.4, 0.5) is 10.1 Å². The quantitative estimate of drug-likeness (QED) is 0.188. The van der Waals surface area contributed by atoms with E-state index in [1.807, 2.05) is 0 Å². The van der Waals surface area contributed by atoms with E-state index in [2.05, 4.69) is 5.16 Å². The third-order valence-corrected chi connectivity index (χ3v) is 1.40. The summed E-state index contributed by atoms with van der Waals surface area (Å²) in [4.78, 5) is 0. The fourth-order valence-corrected chi connectivity index (χ4v) is 0.804. The van der Waals surface area contributed by atoms with Gasteiger partial charge in [-0.3, -0.25) is 0 Å². The number of hydrogen-bond acceptors (Lipinski definition) is 3. The Balaban J connectivity index is 3.23. The maximum Gasteiger partial charge on any atom is 0.172 e. The predicted molar refractivity (Wildman–Crippen MR) is 43.3 cm³/mol. The van der Waals surface area contributed by atoms with Crippen LogP contribution in [0.15, 0.2) is 23.4 Å². The lowest BCUT2D eigenvalue weighted by molar-refractivity contribution is 0.318. The molecule has 0 radical (unpaired) electrons. The summed E-state index contributed by atoms with van der Waals surface area (Å²) in [5.41, 5.74) is 11.1. The Morgan fingerprint density at radius 1 is 1.50 bits per heavy atom. The largest absolute Gasteiger partial charge is 0.409 e. The second-order valence-corrected chi connectivity index (χ2v) is 2.22. The second kappa shape index (κ2) is 3.08. The van der Waals surface area contributed by atoms with Crippen molar-refractivity contribution in [3.8, 4) is 0 Å². The molecule has 0 atom stereocenters. The van der Waals surface area contributed by atoms with Crippen molar-refractivity contribution in [3.63, 3.8) is 0 Å². The van der Waals surface area contributed by atoms with Gasteiger partial charge in [-0.05, 0) is 18.2 Å². The maximum atomic E-state index is 12.6. The molecule has 12 heavy (non-hydrogen) atoms. The van der Waals surface area contributed by atoms with Crippen molar-refractivity contribution in [3.05, 3.63) is 29.6 Å².